The van der Waals surface area contributed by atoms with Crippen molar-refractivity contribution in [1.82, 2.24) is 9.55 Å². The zero-order valence-corrected chi connectivity index (χ0v) is 12.5. The van der Waals surface area contributed by atoms with Crippen LogP contribution in [0.5, 0.6) is 0 Å². The van der Waals surface area contributed by atoms with E-state index >= 15 is 0 Å². The van der Waals surface area contributed by atoms with Crippen molar-refractivity contribution in [1.29, 1.82) is 0 Å². The quantitative estimate of drug-likeness (QED) is 0.841. The van der Waals surface area contributed by atoms with Gasteiger partial charge in [-0.3, -0.25) is 0 Å². The lowest BCUT2D eigenvalue weighted by Gasteiger charge is -2.35. The predicted octanol–water partition coefficient (Wildman–Crippen LogP) is 4.56. The Bertz CT molecular complexity index is 631. The van der Waals surface area contributed by atoms with Crippen molar-refractivity contribution in [2.45, 2.75) is 51.7 Å². The third-order valence-corrected chi connectivity index (χ3v) is 4.38. The van der Waals surface area contributed by atoms with Crippen molar-refractivity contribution >= 4 is 16.7 Å². The molecule has 1 heterocycles. The highest BCUT2D eigenvalue weighted by Gasteiger charge is 2.42. The fourth-order valence-corrected chi connectivity index (χ4v) is 2.99. The number of nitrogen functional groups attached to an aromatic ring is 1. The van der Waals surface area contributed by atoms with Gasteiger partial charge in [0, 0.05) is 11.2 Å². The number of hydrogen-bond acceptors (Lipinski definition) is 2. The molecule has 0 saturated heterocycles. The van der Waals surface area contributed by atoms with Crippen LogP contribution in [0.15, 0.2) is 18.2 Å². The van der Waals surface area contributed by atoms with E-state index in [0.717, 1.165) is 0 Å². The number of benzene rings is 1. The molecule has 2 rings (SSSR count). The van der Waals surface area contributed by atoms with Gasteiger partial charge in [-0.2, -0.15) is 13.2 Å². The minimum absolute atomic E-state index is 0.294. The average Bonchev–Trinajstić information content (AvgIpc) is 2.81. The molecule has 0 saturated carbocycles. The number of anilines is 1. The Balaban J connectivity index is 2.87. The van der Waals surface area contributed by atoms with Crippen LogP contribution in [0.4, 0.5) is 18.9 Å². The minimum Gasteiger partial charge on any atom is -0.399 e. The molecule has 0 radical (unpaired) electrons. The van der Waals surface area contributed by atoms with Crippen LogP contribution in [0.3, 0.4) is 0 Å². The van der Waals surface area contributed by atoms with Crippen LogP contribution in [0.1, 0.15) is 45.9 Å². The first kappa shape index (κ1) is 15.7. The molecule has 0 amide bonds. The van der Waals surface area contributed by atoms with Gasteiger partial charge in [-0.25, -0.2) is 4.98 Å². The van der Waals surface area contributed by atoms with Gasteiger partial charge in [0.15, 0.2) is 0 Å². The van der Waals surface area contributed by atoms with E-state index in [2.05, 4.69) is 4.98 Å². The van der Waals surface area contributed by atoms with Crippen LogP contribution in [0, 0.1) is 0 Å². The topological polar surface area (TPSA) is 43.8 Å². The second-order valence-corrected chi connectivity index (χ2v) is 5.30. The van der Waals surface area contributed by atoms with E-state index in [9.17, 15) is 13.2 Å². The van der Waals surface area contributed by atoms with Crippen LogP contribution in [0.2, 0.25) is 0 Å². The normalized spacial score (nSPS) is 13.0. The molecule has 2 aromatic rings. The molecule has 3 nitrogen and oxygen atoms in total. The van der Waals surface area contributed by atoms with Gasteiger partial charge >= 0.3 is 6.18 Å². The number of hydrogen-bond donors (Lipinski definition) is 1. The summed E-state index contributed by atoms with van der Waals surface area (Å²) in [5, 5.41) is 0. The van der Waals surface area contributed by atoms with Crippen LogP contribution >= 0.6 is 0 Å². The zero-order valence-electron chi connectivity index (χ0n) is 12.5. The number of halogens is 3. The highest BCUT2D eigenvalue weighted by atomic mass is 19.4. The summed E-state index contributed by atoms with van der Waals surface area (Å²) in [6, 6.07) is 4.74. The molecule has 0 atom stereocenters. The van der Waals surface area contributed by atoms with Gasteiger partial charge in [0.2, 0.25) is 5.82 Å². The van der Waals surface area contributed by atoms with Crippen molar-refractivity contribution in [2.75, 3.05) is 5.73 Å². The Kier molecular flexibility index (Phi) is 3.91. The molecule has 2 N–H and O–H groups in total. The molecule has 0 bridgehead atoms. The highest BCUT2D eigenvalue weighted by Crippen LogP contribution is 2.40. The van der Waals surface area contributed by atoms with Gasteiger partial charge in [0.25, 0.3) is 0 Å². The molecule has 0 aliphatic heterocycles. The summed E-state index contributed by atoms with van der Waals surface area (Å²) in [5.74, 6) is -0.839. The SMILES string of the molecule is CCC(CC)(CC)n1c(C(F)(F)F)nc2cc(N)ccc21. The highest BCUT2D eigenvalue weighted by molar-refractivity contribution is 5.80. The van der Waals surface area contributed by atoms with Crippen LogP contribution in [0.25, 0.3) is 11.0 Å². The molecule has 0 spiro atoms. The first-order chi connectivity index (χ1) is 9.79. The van der Waals surface area contributed by atoms with Gasteiger partial charge < -0.3 is 10.3 Å². The summed E-state index contributed by atoms with van der Waals surface area (Å²) >= 11 is 0. The Labute approximate surface area is 122 Å². The van der Waals surface area contributed by atoms with Crippen molar-refractivity contribution in [2.24, 2.45) is 0 Å². The maximum atomic E-state index is 13.4. The molecule has 116 valence electrons. The van der Waals surface area contributed by atoms with E-state index in [1.807, 2.05) is 20.8 Å². The fourth-order valence-electron chi connectivity index (χ4n) is 2.99. The monoisotopic (exact) mass is 299 g/mol. The molecular weight excluding hydrogens is 279 g/mol. The first-order valence-corrected chi connectivity index (χ1v) is 7.14. The number of nitrogens with two attached hydrogens (primary N) is 1. The number of nitrogens with zero attached hydrogens (tertiary/aromatic N) is 2. The molecule has 1 aromatic carbocycles. The lowest BCUT2D eigenvalue weighted by atomic mass is 9.89. The second-order valence-electron chi connectivity index (χ2n) is 5.30. The van der Waals surface area contributed by atoms with Crippen molar-refractivity contribution in [3.8, 4) is 0 Å². The predicted molar refractivity (Wildman–Crippen MR) is 78.0 cm³/mol. The van der Waals surface area contributed by atoms with E-state index in [4.69, 9.17) is 5.73 Å². The third kappa shape index (κ3) is 2.47. The lowest BCUT2D eigenvalue weighted by Crippen LogP contribution is -2.35. The largest absolute Gasteiger partial charge is 0.449 e. The lowest BCUT2D eigenvalue weighted by molar-refractivity contribution is -0.149. The molecular formula is C15H20F3N3. The minimum atomic E-state index is -4.49. The second kappa shape index (κ2) is 5.24. The van der Waals surface area contributed by atoms with Gasteiger partial charge in [0.05, 0.1) is 11.0 Å². The fraction of sp³-hybridized carbons (Fsp3) is 0.533. The number of rotatable bonds is 4. The Morgan fingerprint density at radius 1 is 1.10 bits per heavy atom. The molecule has 0 fully saturated rings. The maximum Gasteiger partial charge on any atom is 0.449 e. The first-order valence-electron chi connectivity index (χ1n) is 7.14. The maximum absolute atomic E-state index is 13.4. The van der Waals surface area contributed by atoms with Gasteiger partial charge in [-0.1, -0.05) is 20.8 Å². The summed E-state index contributed by atoms with van der Waals surface area (Å²) in [7, 11) is 0. The smallest absolute Gasteiger partial charge is 0.399 e. The van der Waals surface area contributed by atoms with Crippen molar-refractivity contribution < 1.29 is 13.2 Å². The van der Waals surface area contributed by atoms with Crippen LogP contribution in [-0.4, -0.2) is 9.55 Å². The molecule has 1 aromatic heterocycles. The number of alkyl halides is 3. The summed E-state index contributed by atoms with van der Waals surface area (Å²) in [4.78, 5) is 3.81. The van der Waals surface area contributed by atoms with Crippen LogP contribution in [-0.2, 0) is 11.7 Å². The summed E-state index contributed by atoms with van der Waals surface area (Å²) in [5.41, 5.74) is 6.28. The van der Waals surface area contributed by atoms with E-state index in [-0.39, 0.29) is 0 Å². The van der Waals surface area contributed by atoms with Gasteiger partial charge in [0.1, 0.15) is 0 Å². The van der Waals surface area contributed by atoms with E-state index in [1.165, 1.54) is 10.6 Å². The molecule has 6 heteroatoms. The Hall–Kier alpha value is -1.72. The van der Waals surface area contributed by atoms with Crippen LogP contribution < -0.4 is 5.73 Å². The van der Waals surface area contributed by atoms with E-state index in [0.29, 0.717) is 36.0 Å². The average molecular weight is 299 g/mol. The molecule has 0 unspecified atom stereocenters. The van der Waals surface area contributed by atoms with Crippen molar-refractivity contribution in [3.05, 3.63) is 24.0 Å². The molecule has 0 aliphatic rings. The zero-order chi connectivity index (χ0) is 15.8. The Morgan fingerprint density at radius 3 is 2.14 bits per heavy atom. The van der Waals surface area contributed by atoms with E-state index in [1.54, 1.807) is 12.1 Å². The molecule has 0 aliphatic carbocycles. The summed E-state index contributed by atoms with van der Waals surface area (Å²) < 4.78 is 41.6. The number of imidazole rings is 1. The third-order valence-electron chi connectivity index (χ3n) is 4.38. The Morgan fingerprint density at radius 2 is 1.67 bits per heavy atom. The van der Waals surface area contributed by atoms with Gasteiger partial charge in [-0.15, -0.1) is 0 Å². The van der Waals surface area contributed by atoms with Crippen molar-refractivity contribution in [3.63, 3.8) is 0 Å². The molecule has 21 heavy (non-hydrogen) atoms. The summed E-state index contributed by atoms with van der Waals surface area (Å²) in [6.45, 7) is 5.74. The summed E-state index contributed by atoms with van der Waals surface area (Å²) in [6.07, 6.45) is -2.66. The van der Waals surface area contributed by atoms with Gasteiger partial charge in [-0.05, 0) is 37.5 Å². The number of fused-ring (bicyclic) bond motifs is 1. The standard InChI is InChI=1S/C15H20F3N3/c1-4-14(5-2,6-3)21-12-8-7-10(19)9-11(12)20-13(21)15(16,17)18/h7-9H,4-6,19H2,1-3H3. The number of aromatic nitrogens is 2. The van der Waals surface area contributed by atoms with E-state index < -0.39 is 17.5 Å².